The quantitative estimate of drug-likeness (QED) is 0.554. The minimum absolute atomic E-state index is 0.537. The third-order valence-corrected chi connectivity index (χ3v) is 1.74. The fraction of sp³-hybridized carbons (Fsp3) is 0.500. The zero-order valence-corrected chi connectivity index (χ0v) is 5.96. The molecule has 0 spiro atoms. The van der Waals surface area contributed by atoms with Gasteiger partial charge in [-0.3, -0.25) is 0 Å². The molecule has 0 fully saturated rings. The Kier molecular flexibility index (Phi) is 2.06. The molecule has 0 heterocycles. The molecule has 2 unspecified atom stereocenters. The summed E-state index contributed by atoms with van der Waals surface area (Å²) >= 11 is 0. The lowest BCUT2D eigenvalue weighted by Crippen LogP contribution is -2.29. The lowest BCUT2D eigenvalue weighted by Gasteiger charge is -2.18. The van der Waals surface area contributed by atoms with Gasteiger partial charge in [0.15, 0.2) is 0 Å². The first-order valence-corrected chi connectivity index (χ1v) is 3.37. The molecular formula is C8H13N. The normalized spacial score (nSPS) is 33.1. The zero-order chi connectivity index (χ0) is 6.69. The maximum atomic E-state index is 3.22. The van der Waals surface area contributed by atoms with Crippen molar-refractivity contribution in [3.05, 3.63) is 24.3 Å². The summed E-state index contributed by atoms with van der Waals surface area (Å²) in [7, 11) is 1.99. The molecule has 1 aliphatic carbocycles. The largest absolute Gasteiger partial charge is 0.313 e. The molecule has 50 valence electrons. The van der Waals surface area contributed by atoms with Gasteiger partial charge in [-0.25, -0.2) is 0 Å². The van der Waals surface area contributed by atoms with E-state index >= 15 is 0 Å². The van der Waals surface area contributed by atoms with E-state index in [1.165, 1.54) is 0 Å². The maximum Gasteiger partial charge on any atom is 0.0310 e. The zero-order valence-electron chi connectivity index (χ0n) is 5.96. The summed E-state index contributed by atoms with van der Waals surface area (Å²) in [6, 6.07) is 0.537. The minimum atomic E-state index is 0.537. The molecule has 1 nitrogen and oxygen atoms in total. The molecule has 0 amide bonds. The van der Waals surface area contributed by atoms with Gasteiger partial charge < -0.3 is 5.32 Å². The Morgan fingerprint density at radius 1 is 1.22 bits per heavy atom. The number of rotatable bonds is 1. The van der Waals surface area contributed by atoms with Crippen molar-refractivity contribution in [3.8, 4) is 0 Å². The van der Waals surface area contributed by atoms with E-state index < -0.39 is 0 Å². The Labute approximate surface area is 56.5 Å². The Bertz CT molecular complexity index is 136. The number of allylic oxidation sites excluding steroid dienone is 2. The van der Waals surface area contributed by atoms with Crippen LogP contribution in [0.5, 0.6) is 0 Å². The second-order valence-corrected chi connectivity index (χ2v) is 2.44. The van der Waals surface area contributed by atoms with Crippen LogP contribution in [0.15, 0.2) is 24.3 Å². The first-order valence-electron chi connectivity index (χ1n) is 3.37. The number of nitrogens with one attached hydrogen (secondary N) is 1. The van der Waals surface area contributed by atoms with Crippen molar-refractivity contribution >= 4 is 0 Å². The topological polar surface area (TPSA) is 12.0 Å². The van der Waals surface area contributed by atoms with Gasteiger partial charge >= 0.3 is 0 Å². The summed E-state index contributed by atoms with van der Waals surface area (Å²) in [5, 5.41) is 3.22. The highest BCUT2D eigenvalue weighted by Crippen LogP contribution is 2.09. The third-order valence-electron chi connectivity index (χ3n) is 1.74. The second-order valence-electron chi connectivity index (χ2n) is 2.44. The molecule has 0 aromatic rings. The smallest absolute Gasteiger partial charge is 0.0310 e. The lowest BCUT2D eigenvalue weighted by atomic mass is 9.98. The molecule has 0 aromatic carbocycles. The predicted octanol–water partition coefficient (Wildman–Crippen LogP) is 1.34. The van der Waals surface area contributed by atoms with Crippen LogP contribution in [0.25, 0.3) is 0 Å². The van der Waals surface area contributed by atoms with Crippen molar-refractivity contribution in [2.45, 2.75) is 13.0 Å². The third kappa shape index (κ3) is 1.42. The molecule has 1 heteroatoms. The fourth-order valence-corrected chi connectivity index (χ4v) is 1.08. The number of likely N-dealkylation sites (N-methyl/N-ethyl adjacent to an activating group) is 1. The highest BCUT2D eigenvalue weighted by Gasteiger charge is 2.09. The average molecular weight is 123 g/mol. The number of hydrogen-bond donors (Lipinski definition) is 1. The molecule has 1 aliphatic rings. The van der Waals surface area contributed by atoms with Crippen molar-refractivity contribution in [1.29, 1.82) is 0 Å². The van der Waals surface area contributed by atoms with Crippen LogP contribution in [0.2, 0.25) is 0 Å². The van der Waals surface area contributed by atoms with Crippen molar-refractivity contribution in [1.82, 2.24) is 5.32 Å². The summed E-state index contributed by atoms with van der Waals surface area (Å²) in [6.45, 7) is 2.21. The minimum Gasteiger partial charge on any atom is -0.313 e. The Balaban J connectivity index is 2.55. The standard InChI is InChI=1S/C8H13N/c1-7-5-3-4-6-8(7)9-2/h3-9H,1-2H3. The van der Waals surface area contributed by atoms with Crippen molar-refractivity contribution in [2.24, 2.45) is 5.92 Å². The summed E-state index contributed by atoms with van der Waals surface area (Å²) < 4.78 is 0. The van der Waals surface area contributed by atoms with Crippen LogP contribution in [-0.2, 0) is 0 Å². The SMILES string of the molecule is CNC1C=CC=CC1C. The van der Waals surface area contributed by atoms with E-state index in [-0.39, 0.29) is 0 Å². The molecule has 0 radical (unpaired) electrons. The van der Waals surface area contributed by atoms with Crippen LogP contribution in [0, 0.1) is 5.92 Å². The molecule has 0 aromatic heterocycles. The Morgan fingerprint density at radius 2 is 1.89 bits per heavy atom. The van der Waals surface area contributed by atoms with E-state index in [1.807, 2.05) is 7.05 Å². The molecule has 1 rings (SSSR count). The van der Waals surface area contributed by atoms with E-state index in [0.29, 0.717) is 12.0 Å². The van der Waals surface area contributed by atoms with Gasteiger partial charge in [-0.05, 0) is 13.0 Å². The molecule has 0 aliphatic heterocycles. The van der Waals surface area contributed by atoms with Crippen LogP contribution in [0.4, 0.5) is 0 Å². The summed E-state index contributed by atoms with van der Waals surface area (Å²) in [4.78, 5) is 0. The predicted molar refractivity (Wildman–Crippen MR) is 40.3 cm³/mol. The monoisotopic (exact) mass is 123 g/mol. The maximum absolute atomic E-state index is 3.22. The fourth-order valence-electron chi connectivity index (χ4n) is 1.08. The molecule has 0 bridgehead atoms. The molecule has 0 saturated heterocycles. The van der Waals surface area contributed by atoms with Gasteiger partial charge in [-0.2, -0.15) is 0 Å². The van der Waals surface area contributed by atoms with Crippen LogP contribution >= 0.6 is 0 Å². The molecule has 1 N–H and O–H groups in total. The molecular weight excluding hydrogens is 110 g/mol. The second kappa shape index (κ2) is 2.83. The van der Waals surface area contributed by atoms with Gasteiger partial charge in [0.05, 0.1) is 0 Å². The van der Waals surface area contributed by atoms with Gasteiger partial charge in [0.2, 0.25) is 0 Å². The van der Waals surface area contributed by atoms with Crippen molar-refractivity contribution < 1.29 is 0 Å². The van der Waals surface area contributed by atoms with Gasteiger partial charge in [0.25, 0.3) is 0 Å². The Hall–Kier alpha value is -0.560. The van der Waals surface area contributed by atoms with E-state index in [0.717, 1.165) is 0 Å². The summed E-state index contributed by atoms with van der Waals surface area (Å²) in [5.74, 6) is 0.639. The van der Waals surface area contributed by atoms with Gasteiger partial charge in [0, 0.05) is 6.04 Å². The Morgan fingerprint density at radius 3 is 2.33 bits per heavy atom. The molecule has 0 saturated carbocycles. The highest BCUT2D eigenvalue weighted by atomic mass is 14.9. The van der Waals surface area contributed by atoms with Crippen molar-refractivity contribution in [3.63, 3.8) is 0 Å². The van der Waals surface area contributed by atoms with E-state index in [4.69, 9.17) is 0 Å². The number of hydrogen-bond acceptors (Lipinski definition) is 1. The highest BCUT2D eigenvalue weighted by molar-refractivity contribution is 5.15. The first-order chi connectivity index (χ1) is 4.34. The summed E-state index contributed by atoms with van der Waals surface area (Å²) in [5.41, 5.74) is 0. The van der Waals surface area contributed by atoms with Crippen molar-refractivity contribution in [2.75, 3.05) is 7.05 Å². The van der Waals surface area contributed by atoms with Gasteiger partial charge in [0.1, 0.15) is 0 Å². The molecule has 9 heavy (non-hydrogen) atoms. The van der Waals surface area contributed by atoms with Gasteiger partial charge in [-0.1, -0.05) is 31.2 Å². The lowest BCUT2D eigenvalue weighted by molar-refractivity contribution is 0.539. The van der Waals surface area contributed by atoms with E-state index in [1.54, 1.807) is 0 Å². The van der Waals surface area contributed by atoms with Gasteiger partial charge in [-0.15, -0.1) is 0 Å². The van der Waals surface area contributed by atoms with E-state index in [9.17, 15) is 0 Å². The molecule has 2 atom stereocenters. The van der Waals surface area contributed by atoms with Crippen LogP contribution in [0.1, 0.15) is 6.92 Å². The van der Waals surface area contributed by atoms with Crippen LogP contribution < -0.4 is 5.32 Å². The van der Waals surface area contributed by atoms with Crippen LogP contribution in [-0.4, -0.2) is 13.1 Å². The van der Waals surface area contributed by atoms with E-state index in [2.05, 4.69) is 36.5 Å². The van der Waals surface area contributed by atoms with Crippen LogP contribution in [0.3, 0.4) is 0 Å². The summed E-state index contributed by atoms with van der Waals surface area (Å²) in [6.07, 6.45) is 8.57. The average Bonchev–Trinajstić information content (AvgIpc) is 1.89. The first kappa shape index (κ1) is 6.56.